The van der Waals surface area contributed by atoms with Crippen LogP contribution < -0.4 is 16.2 Å². The van der Waals surface area contributed by atoms with E-state index < -0.39 is 5.91 Å². The number of nitrogens with zero attached hydrogens (tertiary/aromatic N) is 2. The van der Waals surface area contributed by atoms with Gasteiger partial charge in [-0.15, -0.1) is 0 Å². The van der Waals surface area contributed by atoms with Gasteiger partial charge < -0.3 is 16.2 Å². The summed E-state index contributed by atoms with van der Waals surface area (Å²) in [6.45, 7) is 0. The zero-order valence-corrected chi connectivity index (χ0v) is 14.1. The first-order chi connectivity index (χ1) is 12.0. The van der Waals surface area contributed by atoms with Crippen LogP contribution in [0.15, 0.2) is 53.7 Å². The number of pyridine rings is 1. The lowest BCUT2D eigenvalue weighted by Crippen LogP contribution is -2.24. The highest BCUT2D eigenvalue weighted by molar-refractivity contribution is 6.35. The highest BCUT2D eigenvalue weighted by atomic mass is 35.5. The van der Waals surface area contributed by atoms with E-state index in [-0.39, 0.29) is 5.96 Å². The lowest BCUT2D eigenvalue weighted by atomic mass is 9.97. The molecule has 0 bridgehead atoms. The molecular weight excluding hydrogens is 340 g/mol. The van der Waals surface area contributed by atoms with Crippen LogP contribution in [0.1, 0.15) is 10.4 Å². The number of carbonyl (C=O) groups excluding carboxylic acids is 1. The summed E-state index contributed by atoms with van der Waals surface area (Å²) in [4.78, 5) is 19.9. The van der Waals surface area contributed by atoms with Crippen LogP contribution in [0.5, 0.6) is 5.88 Å². The molecule has 4 N–H and O–H groups in total. The Balaban J connectivity index is 2.29. The second-order valence-corrected chi connectivity index (χ2v) is 5.67. The molecule has 3 rings (SSSR count). The molecule has 126 valence electrons. The lowest BCUT2D eigenvalue weighted by Gasteiger charge is -2.13. The topological polar surface area (TPSA) is 104 Å². The minimum atomic E-state index is -0.522. The molecule has 0 aliphatic rings. The number of halogens is 1. The van der Waals surface area contributed by atoms with E-state index in [2.05, 4.69) is 9.98 Å². The number of amides is 1. The number of aliphatic imine (C=N–C) groups is 1. The maximum Gasteiger partial charge on any atom is 0.280 e. The Bertz CT molecular complexity index is 998. The monoisotopic (exact) mass is 354 g/mol. The van der Waals surface area contributed by atoms with Crippen LogP contribution in [0.4, 0.5) is 0 Å². The van der Waals surface area contributed by atoms with E-state index in [1.807, 2.05) is 18.2 Å². The lowest BCUT2D eigenvalue weighted by molar-refractivity contribution is 0.100. The first-order valence-corrected chi connectivity index (χ1v) is 7.74. The second-order valence-electron chi connectivity index (χ2n) is 5.26. The smallest absolute Gasteiger partial charge is 0.280 e. The van der Waals surface area contributed by atoms with Crippen LogP contribution in [0.2, 0.25) is 5.02 Å². The minimum absolute atomic E-state index is 0.287. The minimum Gasteiger partial charge on any atom is -0.481 e. The third-order valence-electron chi connectivity index (χ3n) is 3.68. The average molecular weight is 355 g/mol. The highest BCUT2D eigenvalue weighted by Crippen LogP contribution is 2.39. The van der Waals surface area contributed by atoms with Crippen LogP contribution in [0.3, 0.4) is 0 Å². The van der Waals surface area contributed by atoms with Gasteiger partial charge in [-0.3, -0.25) is 4.79 Å². The van der Waals surface area contributed by atoms with E-state index in [9.17, 15) is 4.79 Å². The van der Waals surface area contributed by atoms with Crippen molar-refractivity contribution in [3.05, 3.63) is 59.2 Å². The van der Waals surface area contributed by atoms with E-state index in [4.69, 9.17) is 27.8 Å². The molecule has 2 aromatic carbocycles. The van der Waals surface area contributed by atoms with Crippen molar-refractivity contribution in [2.45, 2.75) is 0 Å². The number of aromatic nitrogens is 1. The molecule has 7 heteroatoms. The maximum absolute atomic E-state index is 12.1. The quantitative estimate of drug-likeness (QED) is 0.556. The highest BCUT2D eigenvalue weighted by Gasteiger charge is 2.15. The van der Waals surface area contributed by atoms with Gasteiger partial charge in [-0.1, -0.05) is 23.7 Å². The molecule has 0 spiro atoms. The van der Waals surface area contributed by atoms with Crippen molar-refractivity contribution in [2.24, 2.45) is 16.5 Å². The summed E-state index contributed by atoms with van der Waals surface area (Å²) in [7, 11) is 1.54. The number of hydrogen-bond donors (Lipinski definition) is 2. The zero-order chi connectivity index (χ0) is 18.0. The van der Waals surface area contributed by atoms with Crippen molar-refractivity contribution in [2.75, 3.05) is 7.11 Å². The van der Waals surface area contributed by atoms with Gasteiger partial charge in [-0.2, -0.15) is 4.99 Å². The molecule has 0 saturated heterocycles. The van der Waals surface area contributed by atoms with Gasteiger partial charge in [0.25, 0.3) is 5.91 Å². The summed E-state index contributed by atoms with van der Waals surface area (Å²) in [5.41, 5.74) is 12.4. The van der Waals surface area contributed by atoms with Crippen molar-refractivity contribution in [1.29, 1.82) is 0 Å². The number of carbonyl (C=O) groups is 1. The molecule has 0 fully saturated rings. The molecule has 0 saturated carbocycles. The van der Waals surface area contributed by atoms with Gasteiger partial charge in [-0.25, -0.2) is 4.98 Å². The van der Waals surface area contributed by atoms with Crippen molar-refractivity contribution in [1.82, 2.24) is 4.98 Å². The Kier molecular flexibility index (Phi) is 4.54. The van der Waals surface area contributed by atoms with Crippen LogP contribution >= 0.6 is 11.6 Å². The predicted molar refractivity (Wildman–Crippen MR) is 98.9 cm³/mol. The van der Waals surface area contributed by atoms with Gasteiger partial charge in [0, 0.05) is 27.9 Å². The number of guanidine groups is 1. The van der Waals surface area contributed by atoms with Gasteiger partial charge in [0.05, 0.1) is 7.11 Å². The summed E-state index contributed by atoms with van der Waals surface area (Å²) in [6, 6.07) is 12.5. The molecule has 0 unspecified atom stereocenters. The van der Waals surface area contributed by atoms with E-state index in [0.29, 0.717) is 16.5 Å². The number of methoxy groups -OCH3 is 1. The third kappa shape index (κ3) is 3.25. The SMILES string of the molecule is COc1ncccc1-c1c(Cl)ccc2ccc(C(=O)N=C(N)N)cc12. The van der Waals surface area contributed by atoms with Crippen LogP contribution in [0.25, 0.3) is 21.9 Å². The zero-order valence-electron chi connectivity index (χ0n) is 13.4. The summed E-state index contributed by atoms with van der Waals surface area (Å²) in [5.74, 6) is -0.367. The van der Waals surface area contributed by atoms with Crippen molar-refractivity contribution in [3.8, 4) is 17.0 Å². The van der Waals surface area contributed by atoms with Crippen molar-refractivity contribution >= 4 is 34.2 Å². The molecule has 6 nitrogen and oxygen atoms in total. The second kappa shape index (κ2) is 6.78. The van der Waals surface area contributed by atoms with Gasteiger partial charge in [0.2, 0.25) is 5.88 Å². The Morgan fingerprint density at radius 3 is 2.68 bits per heavy atom. The summed E-state index contributed by atoms with van der Waals surface area (Å²) in [6.07, 6.45) is 1.63. The van der Waals surface area contributed by atoms with Gasteiger partial charge in [-0.05, 0) is 41.1 Å². The molecular formula is C18H15ClN4O2. The van der Waals surface area contributed by atoms with E-state index in [0.717, 1.165) is 21.9 Å². The Morgan fingerprint density at radius 2 is 1.96 bits per heavy atom. The molecule has 1 amide bonds. The summed E-state index contributed by atoms with van der Waals surface area (Å²) < 4.78 is 5.34. The molecule has 3 aromatic rings. The molecule has 0 radical (unpaired) electrons. The number of nitrogens with two attached hydrogens (primary N) is 2. The fourth-order valence-corrected chi connectivity index (χ4v) is 2.89. The van der Waals surface area contributed by atoms with Gasteiger partial charge in [0.15, 0.2) is 5.96 Å². The van der Waals surface area contributed by atoms with E-state index in [1.165, 1.54) is 0 Å². The molecule has 0 atom stereocenters. The average Bonchev–Trinajstić information content (AvgIpc) is 2.60. The predicted octanol–water partition coefficient (Wildman–Crippen LogP) is 2.98. The number of ether oxygens (including phenoxy) is 1. The first-order valence-electron chi connectivity index (χ1n) is 7.37. The standard InChI is InChI=1S/C18H15ClN4O2/c1-25-17-12(3-2-8-22-17)15-13-9-11(16(24)23-18(20)21)5-4-10(13)6-7-14(15)19/h2-9H,1H3,(H4,20,21,23,24). The molecule has 0 aliphatic carbocycles. The normalized spacial score (nSPS) is 10.5. The van der Waals surface area contributed by atoms with Crippen LogP contribution in [0, 0.1) is 0 Å². The summed E-state index contributed by atoms with van der Waals surface area (Å²) in [5, 5.41) is 2.20. The molecule has 1 heterocycles. The Morgan fingerprint density at radius 1 is 1.20 bits per heavy atom. The van der Waals surface area contributed by atoms with E-state index in [1.54, 1.807) is 37.6 Å². The van der Waals surface area contributed by atoms with Gasteiger partial charge in [0.1, 0.15) is 0 Å². The maximum atomic E-state index is 12.1. The van der Waals surface area contributed by atoms with Crippen molar-refractivity contribution < 1.29 is 9.53 Å². The van der Waals surface area contributed by atoms with E-state index >= 15 is 0 Å². The third-order valence-corrected chi connectivity index (χ3v) is 4.00. The van der Waals surface area contributed by atoms with Gasteiger partial charge >= 0.3 is 0 Å². The molecule has 1 aromatic heterocycles. The fourth-order valence-electron chi connectivity index (χ4n) is 2.63. The largest absolute Gasteiger partial charge is 0.481 e. The first kappa shape index (κ1) is 16.7. The molecule has 25 heavy (non-hydrogen) atoms. The molecule has 0 aliphatic heterocycles. The number of hydrogen-bond acceptors (Lipinski definition) is 3. The fraction of sp³-hybridized carbons (Fsp3) is 0.0556. The Hall–Kier alpha value is -3.12. The number of benzene rings is 2. The Labute approximate surface area is 149 Å². The summed E-state index contributed by atoms with van der Waals surface area (Å²) >= 11 is 6.45. The number of fused-ring (bicyclic) bond motifs is 1. The van der Waals surface area contributed by atoms with Crippen molar-refractivity contribution in [3.63, 3.8) is 0 Å². The van der Waals surface area contributed by atoms with Crippen LogP contribution in [-0.2, 0) is 0 Å². The number of rotatable bonds is 3. The van der Waals surface area contributed by atoms with Crippen LogP contribution in [-0.4, -0.2) is 24.0 Å².